The van der Waals surface area contributed by atoms with E-state index in [1.165, 1.54) is 0 Å². The third-order valence-electron chi connectivity index (χ3n) is 9.47. The molecule has 5 rings (SSSR count). The zero-order valence-electron chi connectivity index (χ0n) is 33.3. The highest BCUT2D eigenvalue weighted by molar-refractivity contribution is 7.55. The van der Waals surface area contributed by atoms with Gasteiger partial charge in [-0.3, -0.25) is 9.46 Å². The minimum atomic E-state index is -4.10. The van der Waals surface area contributed by atoms with Crippen molar-refractivity contribution in [2.75, 3.05) is 44.5 Å². The van der Waals surface area contributed by atoms with Gasteiger partial charge in [-0.1, -0.05) is 32.5 Å². The maximum absolute atomic E-state index is 14.4. The molecule has 1 saturated carbocycles. The highest BCUT2D eigenvalue weighted by atomic mass is 35.5. The smallest absolute Gasteiger partial charge is 0.416 e. The predicted octanol–water partition coefficient (Wildman–Crippen LogP) is 6.91. The van der Waals surface area contributed by atoms with Gasteiger partial charge in [-0.2, -0.15) is 15.1 Å². The minimum Gasteiger partial charge on any atom is -0.443 e. The van der Waals surface area contributed by atoms with Gasteiger partial charge in [0, 0.05) is 20.7 Å². The molecule has 4 heterocycles. The third kappa shape index (κ3) is 9.67. The normalized spacial score (nSPS) is 24.6. The molecule has 1 amide bonds. The quantitative estimate of drug-likeness (QED) is 0.0755. The zero-order valence-corrected chi connectivity index (χ0v) is 36.0. The summed E-state index contributed by atoms with van der Waals surface area (Å²) in [7, 11) is -5.56. The van der Waals surface area contributed by atoms with Crippen LogP contribution in [-0.4, -0.2) is 120 Å². The van der Waals surface area contributed by atoms with Crippen LogP contribution in [0.3, 0.4) is 0 Å². The summed E-state index contributed by atoms with van der Waals surface area (Å²) in [5, 5.41) is 14.1. The van der Waals surface area contributed by atoms with E-state index in [0.29, 0.717) is 23.5 Å². The van der Waals surface area contributed by atoms with E-state index in [1.54, 1.807) is 43.5 Å². The van der Waals surface area contributed by atoms with Crippen LogP contribution in [-0.2, 0) is 42.0 Å². The number of carbonyl (C=O) groups is 1. The lowest BCUT2D eigenvalue weighted by molar-refractivity contribution is -0.208. The van der Waals surface area contributed by atoms with Gasteiger partial charge in [0.25, 0.3) is 0 Å². The summed E-state index contributed by atoms with van der Waals surface area (Å²) in [5.41, 5.74) is -0.426. The molecule has 1 aliphatic carbocycles. The molecule has 5 atom stereocenters. The Balaban J connectivity index is 1.48. The van der Waals surface area contributed by atoms with E-state index < -0.39 is 69.6 Å². The summed E-state index contributed by atoms with van der Waals surface area (Å²) in [6.45, 7) is 18.4. The van der Waals surface area contributed by atoms with E-state index in [9.17, 15) is 14.5 Å². The maximum Gasteiger partial charge on any atom is 0.416 e. The highest BCUT2D eigenvalue weighted by Gasteiger charge is 2.59. The molecule has 1 unspecified atom stereocenters. The molecular formula is C35H59ClN5O11PSi. The number of aromatic nitrogens is 4. The Kier molecular flexibility index (Phi) is 13.6. The van der Waals surface area contributed by atoms with Crippen LogP contribution in [0.25, 0.3) is 11.0 Å². The van der Waals surface area contributed by atoms with Crippen molar-refractivity contribution in [3.63, 3.8) is 0 Å². The topological polar surface area (TPSA) is 175 Å². The Labute approximate surface area is 324 Å². The second-order valence-corrected chi connectivity index (χ2v) is 25.0. The van der Waals surface area contributed by atoms with Crippen LogP contribution in [0.1, 0.15) is 80.4 Å². The Bertz CT molecular complexity index is 1640. The molecule has 1 N–H and O–H groups in total. The molecule has 2 saturated heterocycles. The molecule has 3 fully saturated rings. The van der Waals surface area contributed by atoms with E-state index in [2.05, 4.69) is 34.7 Å². The molecule has 2 aromatic rings. The van der Waals surface area contributed by atoms with Crippen molar-refractivity contribution >= 4 is 50.2 Å². The van der Waals surface area contributed by atoms with E-state index in [-0.39, 0.29) is 37.8 Å². The van der Waals surface area contributed by atoms with Crippen LogP contribution >= 0.6 is 19.2 Å². The van der Waals surface area contributed by atoms with Gasteiger partial charge in [-0.15, -0.1) is 0 Å². The molecule has 0 aromatic carbocycles. The molecular weight excluding hydrogens is 761 g/mol. The number of aliphatic hydroxyl groups excluding tert-OH is 1. The van der Waals surface area contributed by atoms with Gasteiger partial charge >= 0.3 is 13.7 Å². The summed E-state index contributed by atoms with van der Waals surface area (Å²) in [6, 6.07) is 0.706. The standard InChI is InChI=1S/C35H59ClN5O11PSi/c1-11-47-53(44,48-12-2)35(21-42,22-45-17-18-54(8,9)10)46-20-25-26-27(51-34(6,7)50-26)30(49-25)41-29-24(19-37-41)28(38-31(36)39-29)40(23-15-13-14-16-23)32(43)52-33(3,4)5/h19,23,25-27,30,42H,11-18,20-22H2,1-10H3/t25-,26-,27-,30-,35?/m1/s1. The van der Waals surface area contributed by atoms with Crippen LogP contribution in [0.4, 0.5) is 10.6 Å². The second-order valence-electron chi connectivity index (χ2n) is 16.7. The van der Waals surface area contributed by atoms with Crippen LogP contribution in [0.5, 0.6) is 0 Å². The van der Waals surface area contributed by atoms with Crippen LogP contribution in [0, 0.1) is 0 Å². The fourth-order valence-corrected chi connectivity index (χ4v) is 9.76. The fraction of sp³-hybridized carbons (Fsp3) is 0.829. The molecule has 54 heavy (non-hydrogen) atoms. The molecule has 0 radical (unpaired) electrons. The van der Waals surface area contributed by atoms with E-state index in [1.807, 2.05) is 20.8 Å². The monoisotopic (exact) mass is 819 g/mol. The fourth-order valence-electron chi connectivity index (χ4n) is 6.96. The number of amides is 1. The lowest BCUT2D eigenvalue weighted by Gasteiger charge is -2.38. The minimum absolute atomic E-state index is 0.0556. The Morgan fingerprint density at radius 2 is 1.76 bits per heavy atom. The number of anilines is 1. The van der Waals surface area contributed by atoms with Crippen molar-refractivity contribution < 1.29 is 51.9 Å². The average Bonchev–Trinajstić information content (AvgIpc) is 3.85. The predicted molar refractivity (Wildman–Crippen MR) is 205 cm³/mol. The zero-order chi connectivity index (χ0) is 39.7. The SMILES string of the molecule is CCOP(=O)(OCC)C(CO)(COCC[Si](C)(C)C)OC[C@H]1O[C@@H](n2ncc3c(N(C(=O)OC(C)(C)C)C4CCCC4)nc(Cl)nc32)[C@@H]2OC(C)(C)O[C@@H]21. The largest absolute Gasteiger partial charge is 0.443 e. The summed E-state index contributed by atoms with van der Waals surface area (Å²) >= 11 is 6.58. The van der Waals surface area contributed by atoms with Crippen molar-refractivity contribution in [2.45, 2.75) is 147 Å². The number of fused-ring (bicyclic) bond motifs is 2. The van der Waals surface area contributed by atoms with E-state index in [0.717, 1.165) is 31.7 Å². The van der Waals surface area contributed by atoms with Crippen molar-refractivity contribution in [1.29, 1.82) is 0 Å². The molecule has 3 aliphatic rings. The second kappa shape index (κ2) is 17.0. The summed E-state index contributed by atoms with van der Waals surface area (Å²) in [6.07, 6.45) is 1.46. The summed E-state index contributed by atoms with van der Waals surface area (Å²) in [5.74, 6) is -0.716. The molecule has 0 bridgehead atoms. The lowest BCUT2D eigenvalue weighted by Crippen LogP contribution is -2.46. The number of carbonyl (C=O) groups excluding carboxylic acids is 1. The van der Waals surface area contributed by atoms with Crippen molar-refractivity contribution in [1.82, 2.24) is 19.7 Å². The number of rotatable bonds is 17. The van der Waals surface area contributed by atoms with Gasteiger partial charge < -0.3 is 42.6 Å². The van der Waals surface area contributed by atoms with Crippen LogP contribution < -0.4 is 4.90 Å². The maximum atomic E-state index is 14.4. The van der Waals surface area contributed by atoms with Crippen molar-refractivity contribution in [2.24, 2.45) is 0 Å². The van der Waals surface area contributed by atoms with Gasteiger partial charge in [-0.05, 0) is 79.0 Å². The van der Waals surface area contributed by atoms with Gasteiger partial charge in [0.05, 0.1) is 44.6 Å². The Hall–Kier alpha value is -1.76. The molecule has 16 nitrogen and oxygen atoms in total. The lowest BCUT2D eigenvalue weighted by atomic mass is 10.1. The first-order valence-corrected chi connectivity index (χ1v) is 24.5. The Morgan fingerprint density at radius 1 is 1.11 bits per heavy atom. The van der Waals surface area contributed by atoms with Crippen LogP contribution in [0.2, 0.25) is 31.0 Å². The summed E-state index contributed by atoms with van der Waals surface area (Å²) in [4.78, 5) is 24.4. The number of nitrogens with zero attached hydrogens (tertiary/aromatic N) is 5. The Morgan fingerprint density at radius 3 is 2.35 bits per heavy atom. The van der Waals surface area contributed by atoms with E-state index >= 15 is 0 Å². The molecule has 19 heteroatoms. The number of aliphatic hydroxyl groups is 1. The van der Waals surface area contributed by atoms with Crippen LogP contribution in [0.15, 0.2) is 6.20 Å². The van der Waals surface area contributed by atoms with Gasteiger partial charge in [0.2, 0.25) is 10.6 Å². The third-order valence-corrected chi connectivity index (χ3v) is 13.9. The summed E-state index contributed by atoms with van der Waals surface area (Å²) < 4.78 is 64.9. The van der Waals surface area contributed by atoms with Gasteiger partial charge in [-0.25, -0.2) is 9.48 Å². The molecule has 2 aliphatic heterocycles. The number of hydrogen-bond donors (Lipinski definition) is 1. The van der Waals surface area contributed by atoms with Gasteiger partial charge in [0.1, 0.15) is 23.9 Å². The first kappa shape index (κ1) is 43.4. The average molecular weight is 820 g/mol. The first-order chi connectivity index (χ1) is 25.3. The number of ether oxygens (including phenoxy) is 6. The van der Waals surface area contributed by atoms with Crippen molar-refractivity contribution in [3.8, 4) is 0 Å². The highest BCUT2D eigenvalue weighted by Crippen LogP contribution is 2.61. The molecule has 306 valence electrons. The number of hydrogen-bond acceptors (Lipinski definition) is 14. The molecule has 0 spiro atoms. The number of halogens is 1. The molecule has 2 aromatic heterocycles. The van der Waals surface area contributed by atoms with Gasteiger partial charge in [0.15, 0.2) is 23.5 Å². The first-order valence-electron chi connectivity index (χ1n) is 18.9. The van der Waals surface area contributed by atoms with Crippen molar-refractivity contribution in [3.05, 3.63) is 11.5 Å². The van der Waals surface area contributed by atoms with E-state index in [4.69, 9.17) is 49.1 Å².